The molecule has 0 heterocycles. The van der Waals surface area contributed by atoms with Gasteiger partial charge in [-0.05, 0) is 43.0 Å². The van der Waals surface area contributed by atoms with Crippen LogP contribution < -0.4 is 4.74 Å². The molecule has 0 saturated carbocycles. The maximum Gasteiger partial charge on any atom is 0.155 e. The van der Waals surface area contributed by atoms with Gasteiger partial charge in [0.25, 0.3) is 0 Å². The number of allylic oxidation sites excluding steroid dienone is 2. The Morgan fingerprint density at radius 3 is 2.28 bits per heavy atom. The minimum atomic E-state index is 0.226. The zero-order valence-corrected chi connectivity index (χ0v) is 11.5. The Morgan fingerprint density at radius 1 is 1.17 bits per heavy atom. The molecule has 0 aromatic heterocycles. The summed E-state index contributed by atoms with van der Waals surface area (Å²) in [7, 11) is 1.65. The Hall–Kier alpha value is -1.57. The van der Waals surface area contributed by atoms with Crippen molar-refractivity contribution in [1.29, 1.82) is 0 Å². The topological polar surface area (TPSA) is 26.3 Å². The first-order chi connectivity index (χ1) is 8.69. The van der Waals surface area contributed by atoms with Gasteiger partial charge in [-0.25, -0.2) is 0 Å². The number of carbonyl (C=O) groups excluding carboxylic acids is 1. The highest BCUT2D eigenvalue weighted by Crippen LogP contribution is 2.13. The summed E-state index contributed by atoms with van der Waals surface area (Å²) < 4.78 is 5.10. The number of hydrogen-bond donors (Lipinski definition) is 0. The van der Waals surface area contributed by atoms with E-state index in [4.69, 9.17) is 4.74 Å². The van der Waals surface area contributed by atoms with Gasteiger partial charge in [0.15, 0.2) is 5.78 Å². The lowest BCUT2D eigenvalue weighted by molar-refractivity contribution is -0.114. The molecule has 0 spiro atoms. The van der Waals surface area contributed by atoms with Crippen LogP contribution in [0.15, 0.2) is 35.9 Å². The summed E-state index contributed by atoms with van der Waals surface area (Å²) in [6.07, 6.45) is 5.11. The molecule has 0 radical (unpaired) electrons. The molecule has 1 aromatic carbocycles. The summed E-state index contributed by atoms with van der Waals surface area (Å²) in [4.78, 5) is 11.8. The number of carbonyl (C=O) groups is 1. The molecule has 0 amide bonds. The molecule has 0 bridgehead atoms. The number of ketones is 1. The fourth-order valence-corrected chi connectivity index (χ4v) is 1.81. The SMILES string of the molecule is CCC(=CC(=O)CCc1ccc(OC)cc1)CC. The van der Waals surface area contributed by atoms with E-state index in [1.807, 2.05) is 30.3 Å². The molecule has 1 aromatic rings. The Balaban J connectivity index is 2.49. The van der Waals surface area contributed by atoms with E-state index in [1.165, 1.54) is 11.1 Å². The van der Waals surface area contributed by atoms with Crippen molar-refractivity contribution in [2.24, 2.45) is 0 Å². The Kier molecular flexibility index (Phi) is 6.20. The molecule has 1 rings (SSSR count). The van der Waals surface area contributed by atoms with E-state index < -0.39 is 0 Å². The van der Waals surface area contributed by atoms with Crippen LogP contribution in [0.4, 0.5) is 0 Å². The molecule has 0 aliphatic carbocycles. The van der Waals surface area contributed by atoms with Crippen LogP contribution >= 0.6 is 0 Å². The summed E-state index contributed by atoms with van der Waals surface area (Å²) in [5.41, 5.74) is 2.40. The standard InChI is InChI=1S/C16H22O2/c1-4-13(5-2)12-15(17)9-6-14-7-10-16(18-3)11-8-14/h7-8,10-12H,4-6,9H2,1-3H3. The Morgan fingerprint density at radius 2 is 1.78 bits per heavy atom. The first kappa shape index (κ1) is 14.5. The molecular weight excluding hydrogens is 224 g/mol. The van der Waals surface area contributed by atoms with Gasteiger partial charge in [-0.1, -0.05) is 31.6 Å². The van der Waals surface area contributed by atoms with Crippen molar-refractivity contribution in [1.82, 2.24) is 0 Å². The van der Waals surface area contributed by atoms with Gasteiger partial charge in [0.1, 0.15) is 5.75 Å². The fourth-order valence-electron chi connectivity index (χ4n) is 1.81. The van der Waals surface area contributed by atoms with E-state index >= 15 is 0 Å². The second-order valence-corrected chi connectivity index (χ2v) is 4.32. The normalized spacial score (nSPS) is 9.94. The molecule has 98 valence electrons. The number of hydrogen-bond acceptors (Lipinski definition) is 2. The first-order valence-electron chi connectivity index (χ1n) is 6.54. The predicted octanol–water partition coefficient (Wildman–Crippen LogP) is 3.94. The van der Waals surface area contributed by atoms with E-state index in [2.05, 4.69) is 13.8 Å². The number of methoxy groups -OCH3 is 1. The molecule has 0 fully saturated rings. The highest BCUT2D eigenvalue weighted by Gasteiger charge is 2.01. The summed E-state index contributed by atoms with van der Waals surface area (Å²) in [6.45, 7) is 4.18. The summed E-state index contributed by atoms with van der Waals surface area (Å²) in [5, 5.41) is 0. The molecule has 0 aliphatic heterocycles. The highest BCUT2D eigenvalue weighted by molar-refractivity contribution is 5.90. The van der Waals surface area contributed by atoms with E-state index in [-0.39, 0.29) is 5.78 Å². The van der Waals surface area contributed by atoms with Crippen LogP contribution in [0.2, 0.25) is 0 Å². The smallest absolute Gasteiger partial charge is 0.155 e. The zero-order valence-electron chi connectivity index (χ0n) is 11.5. The lowest BCUT2D eigenvalue weighted by Gasteiger charge is -2.03. The molecule has 0 unspecified atom stereocenters. The van der Waals surface area contributed by atoms with E-state index in [0.29, 0.717) is 6.42 Å². The zero-order chi connectivity index (χ0) is 13.4. The molecule has 18 heavy (non-hydrogen) atoms. The summed E-state index contributed by atoms with van der Waals surface area (Å²) in [6, 6.07) is 7.88. The maximum atomic E-state index is 11.8. The lowest BCUT2D eigenvalue weighted by Crippen LogP contribution is -1.98. The van der Waals surface area contributed by atoms with Gasteiger partial charge in [-0.2, -0.15) is 0 Å². The maximum absolute atomic E-state index is 11.8. The van der Waals surface area contributed by atoms with Crippen molar-refractivity contribution in [3.05, 3.63) is 41.5 Å². The van der Waals surface area contributed by atoms with E-state index in [0.717, 1.165) is 25.0 Å². The molecular formula is C16H22O2. The van der Waals surface area contributed by atoms with Gasteiger partial charge >= 0.3 is 0 Å². The number of rotatable bonds is 7. The van der Waals surface area contributed by atoms with Crippen molar-refractivity contribution in [2.45, 2.75) is 39.5 Å². The van der Waals surface area contributed by atoms with E-state index in [1.54, 1.807) is 7.11 Å². The lowest BCUT2D eigenvalue weighted by atomic mass is 10.0. The highest BCUT2D eigenvalue weighted by atomic mass is 16.5. The number of ether oxygens (including phenoxy) is 1. The van der Waals surface area contributed by atoms with Crippen LogP contribution in [0, 0.1) is 0 Å². The van der Waals surface area contributed by atoms with Crippen LogP contribution in [0.5, 0.6) is 5.75 Å². The number of benzene rings is 1. The second kappa shape index (κ2) is 7.70. The molecule has 0 aliphatic rings. The average Bonchev–Trinajstić information content (AvgIpc) is 2.43. The van der Waals surface area contributed by atoms with Crippen molar-refractivity contribution >= 4 is 5.78 Å². The van der Waals surface area contributed by atoms with Crippen molar-refractivity contribution < 1.29 is 9.53 Å². The third-order valence-corrected chi connectivity index (χ3v) is 3.09. The monoisotopic (exact) mass is 246 g/mol. The van der Waals surface area contributed by atoms with Crippen LogP contribution in [0.1, 0.15) is 38.7 Å². The molecule has 0 atom stereocenters. The van der Waals surface area contributed by atoms with Gasteiger partial charge in [0.2, 0.25) is 0 Å². The first-order valence-corrected chi connectivity index (χ1v) is 6.54. The summed E-state index contributed by atoms with van der Waals surface area (Å²) in [5.74, 6) is 1.08. The third kappa shape index (κ3) is 4.74. The minimum absolute atomic E-state index is 0.226. The van der Waals surface area contributed by atoms with Crippen LogP contribution in [0.3, 0.4) is 0 Å². The fraction of sp³-hybridized carbons (Fsp3) is 0.438. The Labute approximate surface area is 110 Å². The summed E-state index contributed by atoms with van der Waals surface area (Å²) >= 11 is 0. The van der Waals surface area contributed by atoms with Crippen molar-refractivity contribution in [2.75, 3.05) is 7.11 Å². The average molecular weight is 246 g/mol. The van der Waals surface area contributed by atoms with Crippen LogP contribution in [-0.4, -0.2) is 12.9 Å². The van der Waals surface area contributed by atoms with Crippen molar-refractivity contribution in [3.8, 4) is 5.75 Å². The third-order valence-electron chi connectivity index (χ3n) is 3.09. The number of aryl methyl sites for hydroxylation is 1. The largest absolute Gasteiger partial charge is 0.497 e. The second-order valence-electron chi connectivity index (χ2n) is 4.32. The Bertz CT molecular complexity index is 396. The van der Waals surface area contributed by atoms with Gasteiger partial charge in [-0.15, -0.1) is 0 Å². The predicted molar refractivity (Wildman–Crippen MR) is 75.0 cm³/mol. The minimum Gasteiger partial charge on any atom is -0.497 e. The molecule has 2 heteroatoms. The quantitative estimate of drug-likeness (QED) is 0.681. The van der Waals surface area contributed by atoms with Crippen LogP contribution in [0.25, 0.3) is 0 Å². The van der Waals surface area contributed by atoms with Crippen LogP contribution in [-0.2, 0) is 11.2 Å². The molecule has 0 N–H and O–H groups in total. The van der Waals surface area contributed by atoms with Gasteiger partial charge in [0, 0.05) is 6.42 Å². The van der Waals surface area contributed by atoms with Gasteiger partial charge in [0.05, 0.1) is 7.11 Å². The molecule has 2 nitrogen and oxygen atoms in total. The van der Waals surface area contributed by atoms with Gasteiger partial charge in [-0.3, -0.25) is 4.79 Å². The molecule has 0 saturated heterocycles. The van der Waals surface area contributed by atoms with Gasteiger partial charge < -0.3 is 4.74 Å². The van der Waals surface area contributed by atoms with E-state index in [9.17, 15) is 4.79 Å². The van der Waals surface area contributed by atoms with Crippen molar-refractivity contribution in [3.63, 3.8) is 0 Å².